The van der Waals surface area contributed by atoms with Gasteiger partial charge < -0.3 is 25.4 Å². The van der Waals surface area contributed by atoms with Crippen LogP contribution in [0, 0.1) is 0 Å². The number of rotatable bonds is 8. The molecule has 0 fully saturated rings. The first-order valence-electron chi connectivity index (χ1n) is 8.66. The van der Waals surface area contributed by atoms with Gasteiger partial charge in [-0.1, -0.05) is 24.3 Å². The Balaban J connectivity index is 0.00000392. The molecule has 0 spiro atoms. The standard InChI is InChI=1S/C20H26N4O3.HI/c1-21-20(23-14-19(25)24-16-7-5-4-6-8-16)22-12-11-15-9-10-17(26-2)18(13-15)27-3;/h4-10,13H,11-12,14H2,1-3H3,(H,24,25)(H2,21,22,23);1H. The van der Waals surface area contributed by atoms with Gasteiger partial charge in [-0.2, -0.15) is 0 Å². The van der Waals surface area contributed by atoms with E-state index in [1.165, 1.54) is 0 Å². The Bertz CT molecular complexity index is 769. The predicted molar refractivity (Wildman–Crippen MR) is 123 cm³/mol. The fraction of sp³-hybridized carbons (Fsp3) is 0.300. The summed E-state index contributed by atoms with van der Waals surface area (Å²) in [6, 6.07) is 15.2. The van der Waals surface area contributed by atoms with E-state index in [0.717, 1.165) is 17.7 Å². The summed E-state index contributed by atoms with van der Waals surface area (Å²) in [4.78, 5) is 16.1. The largest absolute Gasteiger partial charge is 0.493 e. The number of anilines is 1. The Morgan fingerprint density at radius 2 is 1.71 bits per heavy atom. The Hall–Kier alpha value is -2.49. The molecular weight excluding hydrogens is 471 g/mol. The monoisotopic (exact) mass is 498 g/mol. The molecule has 8 heteroatoms. The quantitative estimate of drug-likeness (QED) is 0.296. The van der Waals surface area contributed by atoms with Crippen LogP contribution in [0.2, 0.25) is 0 Å². The van der Waals surface area contributed by atoms with Gasteiger partial charge in [0.25, 0.3) is 0 Å². The van der Waals surface area contributed by atoms with Crippen LogP contribution in [-0.2, 0) is 11.2 Å². The normalized spacial score (nSPS) is 10.5. The van der Waals surface area contributed by atoms with Crippen LogP contribution in [0.1, 0.15) is 5.56 Å². The van der Waals surface area contributed by atoms with Crippen molar-refractivity contribution in [2.45, 2.75) is 6.42 Å². The second-order valence-corrected chi connectivity index (χ2v) is 5.71. The number of nitrogens with zero attached hydrogens (tertiary/aromatic N) is 1. The molecule has 0 bridgehead atoms. The Labute approximate surface area is 182 Å². The molecule has 1 amide bonds. The molecule has 0 radical (unpaired) electrons. The lowest BCUT2D eigenvalue weighted by molar-refractivity contribution is -0.115. The number of ether oxygens (including phenoxy) is 2. The van der Waals surface area contributed by atoms with Crippen molar-refractivity contribution in [1.82, 2.24) is 10.6 Å². The zero-order valence-corrected chi connectivity index (χ0v) is 18.7. The molecule has 2 rings (SSSR count). The SMILES string of the molecule is CN=C(NCCc1ccc(OC)c(OC)c1)NCC(=O)Nc1ccccc1.I. The third-order valence-corrected chi connectivity index (χ3v) is 3.85. The molecule has 0 unspecified atom stereocenters. The number of methoxy groups -OCH3 is 2. The van der Waals surface area contributed by atoms with E-state index < -0.39 is 0 Å². The summed E-state index contributed by atoms with van der Waals surface area (Å²) in [6.45, 7) is 0.792. The minimum absolute atomic E-state index is 0. The highest BCUT2D eigenvalue weighted by Crippen LogP contribution is 2.27. The number of aliphatic imine (C=N–C) groups is 1. The molecule has 2 aromatic rings. The molecule has 7 nitrogen and oxygen atoms in total. The number of carbonyl (C=O) groups excluding carboxylic acids is 1. The topological polar surface area (TPSA) is 84.0 Å². The molecule has 3 N–H and O–H groups in total. The van der Waals surface area contributed by atoms with Crippen LogP contribution in [0.25, 0.3) is 0 Å². The van der Waals surface area contributed by atoms with Gasteiger partial charge in [-0.25, -0.2) is 0 Å². The highest BCUT2D eigenvalue weighted by molar-refractivity contribution is 14.0. The molecule has 28 heavy (non-hydrogen) atoms. The number of halogens is 1. The summed E-state index contributed by atoms with van der Waals surface area (Å²) in [7, 11) is 4.90. The molecule has 0 aliphatic rings. The van der Waals surface area contributed by atoms with Crippen LogP contribution < -0.4 is 25.4 Å². The van der Waals surface area contributed by atoms with Crippen molar-refractivity contribution in [2.24, 2.45) is 4.99 Å². The molecule has 152 valence electrons. The zero-order valence-electron chi connectivity index (χ0n) is 16.3. The Morgan fingerprint density at radius 3 is 2.36 bits per heavy atom. The number of benzene rings is 2. The van der Waals surface area contributed by atoms with Crippen LogP contribution in [0.3, 0.4) is 0 Å². The fourth-order valence-electron chi connectivity index (χ4n) is 2.47. The van der Waals surface area contributed by atoms with E-state index >= 15 is 0 Å². The molecule has 0 aromatic heterocycles. The third kappa shape index (κ3) is 7.63. The molecule has 0 heterocycles. The molecule has 0 atom stereocenters. The highest BCUT2D eigenvalue weighted by Gasteiger charge is 2.06. The Kier molecular flexibility index (Phi) is 10.8. The summed E-state index contributed by atoms with van der Waals surface area (Å²) in [6.07, 6.45) is 0.775. The maximum Gasteiger partial charge on any atom is 0.243 e. The second-order valence-electron chi connectivity index (χ2n) is 5.71. The van der Waals surface area contributed by atoms with Crippen molar-refractivity contribution < 1.29 is 14.3 Å². The van der Waals surface area contributed by atoms with Gasteiger partial charge in [0, 0.05) is 19.3 Å². The maximum absolute atomic E-state index is 12.0. The van der Waals surface area contributed by atoms with E-state index in [0.29, 0.717) is 24.0 Å². The van der Waals surface area contributed by atoms with E-state index in [1.807, 2.05) is 48.5 Å². The van der Waals surface area contributed by atoms with Gasteiger partial charge in [0.1, 0.15) is 0 Å². The molecule has 2 aromatic carbocycles. The smallest absolute Gasteiger partial charge is 0.243 e. The molecule has 0 saturated heterocycles. The van der Waals surface area contributed by atoms with E-state index in [9.17, 15) is 4.79 Å². The number of carbonyl (C=O) groups is 1. The molecule has 0 aliphatic carbocycles. The molecular formula is C20H27IN4O3. The predicted octanol–water partition coefficient (Wildman–Crippen LogP) is 2.67. The number of para-hydroxylation sites is 1. The van der Waals surface area contributed by atoms with Crippen LogP contribution in [0.15, 0.2) is 53.5 Å². The van der Waals surface area contributed by atoms with Crippen molar-refractivity contribution in [3.05, 3.63) is 54.1 Å². The first-order chi connectivity index (χ1) is 13.2. The van der Waals surface area contributed by atoms with Gasteiger partial charge >= 0.3 is 0 Å². The van der Waals surface area contributed by atoms with Gasteiger partial charge in [-0.3, -0.25) is 9.79 Å². The average molecular weight is 498 g/mol. The highest BCUT2D eigenvalue weighted by atomic mass is 127. The van der Waals surface area contributed by atoms with Crippen LogP contribution >= 0.6 is 24.0 Å². The van der Waals surface area contributed by atoms with E-state index in [2.05, 4.69) is 20.9 Å². The van der Waals surface area contributed by atoms with Crippen molar-refractivity contribution in [2.75, 3.05) is 39.7 Å². The fourth-order valence-corrected chi connectivity index (χ4v) is 2.47. The van der Waals surface area contributed by atoms with Crippen molar-refractivity contribution in [3.63, 3.8) is 0 Å². The van der Waals surface area contributed by atoms with Gasteiger partial charge in [-0.15, -0.1) is 24.0 Å². The number of amides is 1. The van der Waals surface area contributed by atoms with Crippen LogP contribution in [0.4, 0.5) is 5.69 Å². The summed E-state index contributed by atoms with van der Waals surface area (Å²) in [5.41, 5.74) is 1.87. The lowest BCUT2D eigenvalue weighted by Gasteiger charge is -2.13. The van der Waals surface area contributed by atoms with Crippen LogP contribution in [-0.4, -0.2) is 46.2 Å². The van der Waals surface area contributed by atoms with Gasteiger partial charge in [0.2, 0.25) is 5.91 Å². The van der Waals surface area contributed by atoms with Gasteiger partial charge in [0.05, 0.1) is 20.8 Å². The second kappa shape index (κ2) is 12.8. The number of hydrogen-bond donors (Lipinski definition) is 3. The van der Waals surface area contributed by atoms with E-state index in [4.69, 9.17) is 9.47 Å². The third-order valence-electron chi connectivity index (χ3n) is 3.85. The number of nitrogens with one attached hydrogen (secondary N) is 3. The maximum atomic E-state index is 12.0. The number of guanidine groups is 1. The van der Waals surface area contributed by atoms with Crippen molar-refractivity contribution in [3.8, 4) is 11.5 Å². The lowest BCUT2D eigenvalue weighted by Crippen LogP contribution is -2.42. The summed E-state index contributed by atoms with van der Waals surface area (Å²) >= 11 is 0. The first kappa shape index (κ1) is 23.5. The number of hydrogen-bond acceptors (Lipinski definition) is 4. The van der Waals surface area contributed by atoms with Crippen molar-refractivity contribution >= 4 is 41.5 Å². The molecule has 0 saturated carbocycles. The summed E-state index contributed by atoms with van der Waals surface area (Å²) in [5, 5.41) is 9.01. The van der Waals surface area contributed by atoms with Gasteiger partial charge in [-0.05, 0) is 36.2 Å². The minimum Gasteiger partial charge on any atom is -0.493 e. The summed E-state index contributed by atoms with van der Waals surface area (Å²) < 4.78 is 10.6. The zero-order chi connectivity index (χ0) is 19.5. The van der Waals surface area contributed by atoms with Crippen molar-refractivity contribution in [1.29, 1.82) is 0 Å². The minimum atomic E-state index is -0.135. The van der Waals surface area contributed by atoms with E-state index in [-0.39, 0.29) is 36.4 Å². The average Bonchev–Trinajstić information content (AvgIpc) is 2.71. The van der Waals surface area contributed by atoms with E-state index in [1.54, 1.807) is 21.3 Å². The first-order valence-corrected chi connectivity index (χ1v) is 8.66. The van der Waals surface area contributed by atoms with Crippen LogP contribution in [0.5, 0.6) is 11.5 Å². The van der Waals surface area contributed by atoms with Gasteiger partial charge in [0.15, 0.2) is 17.5 Å². The lowest BCUT2D eigenvalue weighted by atomic mass is 10.1. The molecule has 0 aliphatic heterocycles. The Morgan fingerprint density at radius 1 is 1.00 bits per heavy atom. The summed E-state index contributed by atoms with van der Waals surface area (Å²) in [5.74, 6) is 1.84.